The molecule has 1 amide bonds. The number of carbonyl (C=O) groups is 1. The second-order valence-electron chi connectivity index (χ2n) is 6.43. The van der Waals surface area contributed by atoms with Crippen molar-refractivity contribution in [3.63, 3.8) is 0 Å². The van der Waals surface area contributed by atoms with Gasteiger partial charge in [0.2, 0.25) is 6.79 Å². The molecule has 7 nitrogen and oxygen atoms in total. The van der Waals surface area contributed by atoms with Crippen LogP contribution in [-0.2, 0) is 21.2 Å². The summed E-state index contributed by atoms with van der Waals surface area (Å²) in [5.41, 5.74) is 0.869. The molecule has 2 aromatic carbocycles. The maximum Gasteiger partial charge on any atom is 0.263 e. The molecule has 3 aromatic rings. The lowest BCUT2D eigenvalue weighted by molar-refractivity contribution is -0.115. The lowest BCUT2D eigenvalue weighted by Gasteiger charge is -2.04. The summed E-state index contributed by atoms with van der Waals surface area (Å²) in [6.45, 7) is 2.83. The second-order valence-corrected chi connectivity index (χ2v) is 9.86. The lowest BCUT2D eigenvalue weighted by atomic mass is 10.3. The Morgan fingerprint density at radius 3 is 2.59 bits per heavy atom. The number of aromatic nitrogens is 1. The van der Waals surface area contributed by atoms with Gasteiger partial charge in [0.15, 0.2) is 26.1 Å². The van der Waals surface area contributed by atoms with Crippen molar-refractivity contribution >= 4 is 48.9 Å². The molecule has 1 aliphatic heterocycles. The number of benzene rings is 2. The monoisotopic (exact) mass is 452 g/mol. The van der Waals surface area contributed by atoms with Crippen molar-refractivity contribution in [2.45, 2.75) is 24.8 Å². The summed E-state index contributed by atoms with van der Waals surface area (Å²) in [6.07, 6.45) is 0.824. The highest BCUT2D eigenvalue weighted by molar-refractivity contribution is 7.92. The van der Waals surface area contributed by atoms with Gasteiger partial charge in [-0.15, -0.1) is 0 Å². The van der Waals surface area contributed by atoms with Gasteiger partial charge >= 0.3 is 0 Å². The summed E-state index contributed by atoms with van der Waals surface area (Å²) in [4.78, 5) is 17.1. The summed E-state index contributed by atoms with van der Waals surface area (Å²) in [7, 11) is -3.81. The SMILES string of the molecule is CCCn1c(=NC(=O)CS(=O)(=O)c2ccc(Cl)cc2)sc2cc3c(cc21)OCO3. The van der Waals surface area contributed by atoms with Crippen LogP contribution in [0.15, 0.2) is 46.3 Å². The average Bonchev–Trinajstić information content (AvgIpc) is 3.24. The van der Waals surface area contributed by atoms with Gasteiger partial charge in [0, 0.05) is 23.7 Å². The number of rotatable bonds is 5. The van der Waals surface area contributed by atoms with E-state index in [0.29, 0.717) is 27.9 Å². The molecule has 0 spiro atoms. The predicted molar refractivity (Wildman–Crippen MR) is 110 cm³/mol. The second kappa shape index (κ2) is 7.81. The van der Waals surface area contributed by atoms with Gasteiger partial charge in [-0.25, -0.2) is 8.42 Å². The molecule has 0 fully saturated rings. The van der Waals surface area contributed by atoms with Crippen LogP contribution in [0, 0.1) is 0 Å². The first kappa shape index (κ1) is 19.9. The Morgan fingerprint density at radius 1 is 1.21 bits per heavy atom. The first-order valence-corrected chi connectivity index (χ1v) is 11.7. The Labute approximate surface area is 176 Å². The summed E-state index contributed by atoms with van der Waals surface area (Å²) in [5.74, 6) is -0.150. The predicted octanol–water partition coefficient (Wildman–Crippen LogP) is 3.40. The summed E-state index contributed by atoms with van der Waals surface area (Å²) in [6, 6.07) is 9.41. The Kier molecular flexibility index (Phi) is 5.37. The van der Waals surface area contributed by atoms with E-state index in [2.05, 4.69) is 4.99 Å². The molecule has 152 valence electrons. The maximum absolute atomic E-state index is 12.5. The molecule has 1 aromatic heterocycles. The number of amides is 1. The molecule has 4 rings (SSSR count). The van der Waals surface area contributed by atoms with Crippen molar-refractivity contribution < 1.29 is 22.7 Å². The van der Waals surface area contributed by atoms with E-state index in [4.69, 9.17) is 21.1 Å². The van der Waals surface area contributed by atoms with E-state index >= 15 is 0 Å². The minimum Gasteiger partial charge on any atom is -0.454 e. The number of carbonyl (C=O) groups excluding carboxylic acids is 1. The zero-order valence-corrected chi connectivity index (χ0v) is 17.8. The highest BCUT2D eigenvalue weighted by Gasteiger charge is 2.21. The molecule has 2 heterocycles. The number of aryl methyl sites for hydroxylation is 1. The number of hydrogen-bond acceptors (Lipinski definition) is 6. The van der Waals surface area contributed by atoms with E-state index in [1.54, 1.807) is 0 Å². The zero-order chi connectivity index (χ0) is 20.6. The smallest absolute Gasteiger partial charge is 0.263 e. The molecule has 0 N–H and O–H groups in total. The van der Waals surface area contributed by atoms with Gasteiger partial charge in [-0.2, -0.15) is 4.99 Å². The molecule has 0 saturated carbocycles. The van der Waals surface area contributed by atoms with Gasteiger partial charge in [0.25, 0.3) is 5.91 Å². The third kappa shape index (κ3) is 4.03. The molecular formula is C19H17ClN2O5S2. The van der Waals surface area contributed by atoms with Gasteiger partial charge in [0.05, 0.1) is 15.1 Å². The average molecular weight is 453 g/mol. The fraction of sp³-hybridized carbons (Fsp3) is 0.263. The first-order chi connectivity index (χ1) is 13.9. The van der Waals surface area contributed by atoms with Crippen molar-refractivity contribution in [3.8, 4) is 11.5 Å². The minimum absolute atomic E-state index is 0.0361. The van der Waals surface area contributed by atoms with E-state index in [1.807, 2.05) is 23.6 Å². The number of hydrogen-bond donors (Lipinski definition) is 0. The highest BCUT2D eigenvalue weighted by atomic mass is 35.5. The van der Waals surface area contributed by atoms with Gasteiger partial charge in [0.1, 0.15) is 5.75 Å². The molecule has 0 bridgehead atoms. The molecular weight excluding hydrogens is 436 g/mol. The Balaban J connectivity index is 1.70. The van der Waals surface area contributed by atoms with Crippen LogP contribution in [0.25, 0.3) is 10.2 Å². The number of thiazole rings is 1. The van der Waals surface area contributed by atoms with Gasteiger partial charge in [-0.3, -0.25) is 4.79 Å². The van der Waals surface area contributed by atoms with Crippen LogP contribution in [0.4, 0.5) is 0 Å². The summed E-state index contributed by atoms with van der Waals surface area (Å²) in [5, 5.41) is 0.422. The van der Waals surface area contributed by atoms with E-state index in [-0.39, 0.29) is 11.7 Å². The Morgan fingerprint density at radius 2 is 1.90 bits per heavy atom. The Hall–Kier alpha value is -2.36. The lowest BCUT2D eigenvalue weighted by Crippen LogP contribution is -2.21. The van der Waals surface area contributed by atoms with Crippen LogP contribution >= 0.6 is 22.9 Å². The van der Waals surface area contributed by atoms with E-state index in [9.17, 15) is 13.2 Å². The molecule has 1 aliphatic rings. The normalized spacial score (nSPS) is 13.9. The number of halogens is 1. The standard InChI is InChI=1S/C19H17ClN2O5S2/c1-2-7-22-14-8-15-16(27-11-26-15)9-17(14)28-19(22)21-18(23)10-29(24,25)13-5-3-12(20)4-6-13/h3-6,8-9H,2,7,10-11H2,1H3. The van der Waals surface area contributed by atoms with E-state index < -0.39 is 21.5 Å². The van der Waals surface area contributed by atoms with Crippen molar-refractivity contribution in [1.29, 1.82) is 0 Å². The van der Waals surface area contributed by atoms with E-state index in [0.717, 1.165) is 16.6 Å². The fourth-order valence-electron chi connectivity index (χ4n) is 3.01. The molecule has 0 saturated heterocycles. The number of nitrogens with zero attached hydrogens (tertiary/aromatic N) is 2. The fourth-order valence-corrected chi connectivity index (χ4v) is 5.33. The Bertz CT molecular complexity index is 1260. The molecule has 0 aliphatic carbocycles. The van der Waals surface area contributed by atoms with Crippen molar-refractivity contribution in [2.75, 3.05) is 12.5 Å². The van der Waals surface area contributed by atoms with Crippen LogP contribution in [0.2, 0.25) is 5.02 Å². The summed E-state index contributed by atoms with van der Waals surface area (Å²) >= 11 is 7.11. The third-order valence-corrected chi connectivity index (χ3v) is 7.24. The molecule has 29 heavy (non-hydrogen) atoms. The third-order valence-electron chi connectivity index (χ3n) is 4.33. The van der Waals surface area contributed by atoms with Crippen LogP contribution in [0.3, 0.4) is 0 Å². The highest BCUT2D eigenvalue weighted by Crippen LogP contribution is 2.37. The number of sulfone groups is 1. The quantitative estimate of drug-likeness (QED) is 0.592. The molecule has 10 heteroatoms. The van der Waals surface area contributed by atoms with Crippen molar-refractivity contribution in [2.24, 2.45) is 4.99 Å². The summed E-state index contributed by atoms with van der Waals surface area (Å²) < 4.78 is 38.6. The van der Waals surface area contributed by atoms with Crippen LogP contribution in [-0.4, -0.2) is 31.4 Å². The molecule has 0 unspecified atom stereocenters. The minimum atomic E-state index is -3.81. The number of fused-ring (bicyclic) bond motifs is 2. The largest absolute Gasteiger partial charge is 0.454 e. The van der Waals surface area contributed by atoms with E-state index in [1.165, 1.54) is 35.6 Å². The van der Waals surface area contributed by atoms with Crippen molar-refractivity contribution in [1.82, 2.24) is 4.57 Å². The van der Waals surface area contributed by atoms with Crippen LogP contribution < -0.4 is 14.3 Å². The van der Waals surface area contributed by atoms with Gasteiger partial charge in [-0.05, 0) is 30.7 Å². The topological polar surface area (TPSA) is 87.0 Å². The number of ether oxygens (including phenoxy) is 2. The van der Waals surface area contributed by atoms with Gasteiger partial charge < -0.3 is 14.0 Å². The first-order valence-electron chi connectivity index (χ1n) is 8.86. The van der Waals surface area contributed by atoms with Gasteiger partial charge in [-0.1, -0.05) is 29.9 Å². The van der Waals surface area contributed by atoms with Crippen LogP contribution in [0.5, 0.6) is 11.5 Å². The maximum atomic E-state index is 12.5. The molecule has 0 atom stereocenters. The van der Waals surface area contributed by atoms with Crippen molar-refractivity contribution in [3.05, 3.63) is 46.2 Å². The molecule has 0 radical (unpaired) electrons. The zero-order valence-electron chi connectivity index (χ0n) is 15.4. The van der Waals surface area contributed by atoms with Crippen LogP contribution in [0.1, 0.15) is 13.3 Å².